The lowest BCUT2D eigenvalue weighted by molar-refractivity contribution is -0.0592. The molecule has 1 aliphatic rings. The summed E-state index contributed by atoms with van der Waals surface area (Å²) in [7, 11) is 0. The van der Waals surface area contributed by atoms with E-state index in [4.69, 9.17) is 14.2 Å². The summed E-state index contributed by atoms with van der Waals surface area (Å²) in [6.45, 7) is 2.88. The van der Waals surface area contributed by atoms with Gasteiger partial charge in [-0.1, -0.05) is 35.9 Å². The normalized spacial score (nSPS) is 21.5. The van der Waals surface area contributed by atoms with Gasteiger partial charge in [0.1, 0.15) is 12.7 Å². The summed E-state index contributed by atoms with van der Waals surface area (Å²) in [4.78, 5) is 51.2. The maximum Gasteiger partial charge on any atom is 0.338 e. The molecule has 0 radical (unpaired) electrons. The van der Waals surface area contributed by atoms with Crippen molar-refractivity contribution in [1.29, 1.82) is 0 Å². The van der Waals surface area contributed by atoms with Gasteiger partial charge in [0.05, 0.1) is 11.1 Å². The van der Waals surface area contributed by atoms with E-state index < -0.39 is 54.4 Å². The molecule has 2 heterocycles. The molecule has 9 nitrogen and oxygen atoms in total. The molecule has 1 aliphatic heterocycles. The monoisotopic (exact) mass is 482 g/mol. The number of aryl methyl sites for hydroxylation is 2. The minimum atomic E-state index is -1.99. The number of hydrogen-bond donors (Lipinski definition) is 1. The molecule has 0 spiro atoms. The molecule has 3 aromatic rings. The molecule has 0 bridgehead atoms. The Balaban J connectivity index is 1.58. The highest BCUT2D eigenvalue weighted by molar-refractivity contribution is 5.90. The third-order valence-corrected chi connectivity index (χ3v) is 5.61. The Morgan fingerprint density at radius 1 is 1.00 bits per heavy atom. The fourth-order valence-electron chi connectivity index (χ4n) is 3.66. The molecule has 0 amide bonds. The van der Waals surface area contributed by atoms with Crippen LogP contribution in [-0.2, 0) is 14.2 Å². The Morgan fingerprint density at radius 3 is 2.34 bits per heavy atom. The molecule has 1 saturated heterocycles. The third kappa shape index (κ3) is 5.22. The fourth-order valence-corrected chi connectivity index (χ4v) is 3.66. The lowest BCUT2D eigenvalue weighted by atomic mass is 10.1. The van der Waals surface area contributed by atoms with E-state index in [1.807, 2.05) is 6.92 Å². The van der Waals surface area contributed by atoms with E-state index in [1.165, 1.54) is 19.1 Å². The zero-order valence-corrected chi connectivity index (χ0v) is 19.0. The van der Waals surface area contributed by atoms with E-state index in [0.717, 1.165) is 16.3 Å². The Labute approximate surface area is 199 Å². The van der Waals surface area contributed by atoms with Crippen molar-refractivity contribution in [2.45, 2.75) is 38.5 Å². The molecular formula is C25H23FN2O7. The number of carbonyl (C=O) groups excluding carboxylic acids is 2. The third-order valence-electron chi connectivity index (χ3n) is 5.61. The molecule has 1 aromatic heterocycles. The average molecular weight is 482 g/mol. The van der Waals surface area contributed by atoms with Gasteiger partial charge in [0.15, 0.2) is 18.5 Å². The van der Waals surface area contributed by atoms with Gasteiger partial charge in [0.25, 0.3) is 5.56 Å². The minimum Gasteiger partial charge on any atom is -0.459 e. The highest BCUT2D eigenvalue weighted by Gasteiger charge is 2.49. The van der Waals surface area contributed by atoms with E-state index in [2.05, 4.69) is 4.98 Å². The number of benzene rings is 2. The number of rotatable bonds is 6. The highest BCUT2D eigenvalue weighted by atomic mass is 19.1. The van der Waals surface area contributed by atoms with Crippen molar-refractivity contribution in [2.75, 3.05) is 6.61 Å². The van der Waals surface area contributed by atoms with Gasteiger partial charge >= 0.3 is 17.6 Å². The summed E-state index contributed by atoms with van der Waals surface area (Å²) in [5, 5.41) is 0. The van der Waals surface area contributed by atoms with Gasteiger partial charge in [-0.25, -0.2) is 18.8 Å². The van der Waals surface area contributed by atoms with Crippen LogP contribution in [0.4, 0.5) is 4.39 Å². The Morgan fingerprint density at radius 2 is 1.66 bits per heavy atom. The van der Waals surface area contributed by atoms with Crippen molar-refractivity contribution in [3.05, 3.63) is 104 Å². The van der Waals surface area contributed by atoms with Gasteiger partial charge in [-0.2, -0.15) is 0 Å². The van der Waals surface area contributed by atoms with Gasteiger partial charge in [0, 0.05) is 11.8 Å². The summed E-state index contributed by atoms with van der Waals surface area (Å²) >= 11 is 0. The lowest BCUT2D eigenvalue weighted by Gasteiger charge is -2.19. The quantitative estimate of drug-likeness (QED) is 0.537. The second kappa shape index (κ2) is 10.1. The number of alkyl halides is 1. The molecule has 1 fully saturated rings. The maximum absolute atomic E-state index is 15.6. The second-order valence-electron chi connectivity index (χ2n) is 8.19. The predicted octanol–water partition coefficient (Wildman–Crippen LogP) is 2.47. The van der Waals surface area contributed by atoms with E-state index in [-0.39, 0.29) is 16.7 Å². The fraction of sp³-hybridized carbons (Fsp3) is 0.280. The molecule has 2 aromatic carbocycles. The highest BCUT2D eigenvalue weighted by Crippen LogP contribution is 2.34. The van der Waals surface area contributed by atoms with Crippen molar-refractivity contribution in [2.24, 2.45) is 0 Å². The number of ether oxygens (including phenoxy) is 3. The van der Waals surface area contributed by atoms with Crippen LogP contribution >= 0.6 is 0 Å². The summed E-state index contributed by atoms with van der Waals surface area (Å²) in [5.41, 5.74) is 0.0858. The largest absolute Gasteiger partial charge is 0.459 e. The van der Waals surface area contributed by atoms with Gasteiger partial charge in [-0.05, 0) is 38.1 Å². The molecule has 4 atom stereocenters. The summed E-state index contributed by atoms with van der Waals surface area (Å²) in [6, 6.07) is 14.6. The zero-order chi connectivity index (χ0) is 25.1. The van der Waals surface area contributed by atoms with Crippen LogP contribution in [-0.4, -0.2) is 46.5 Å². The van der Waals surface area contributed by atoms with Gasteiger partial charge in [-0.15, -0.1) is 0 Å². The molecule has 4 rings (SSSR count). The minimum absolute atomic E-state index is 0.160. The number of carbonyl (C=O) groups is 2. The van der Waals surface area contributed by atoms with Gasteiger partial charge < -0.3 is 14.2 Å². The SMILES string of the molecule is Cc1ccc(C(=O)OC[C@H]2O[C@@H](n3cc(C)c(=O)[nH]c3=O)[C@@H](F)[C@@H]2OC(=O)c2ccccc2)cc1. The lowest BCUT2D eigenvalue weighted by Crippen LogP contribution is -2.38. The van der Waals surface area contributed by atoms with Crippen LogP contribution in [0.5, 0.6) is 0 Å². The Kier molecular flexibility index (Phi) is 6.92. The van der Waals surface area contributed by atoms with Crippen molar-refractivity contribution in [3.8, 4) is 0 Å². The van der Waals surface area contributed by atoms with Crippen LogP contribution in [0.2, 0.25) is 0 Å². The summed E-state index contributed by atoms with van der Waals surface area (Å²) < 4.78 is 32.9. The van der Waals surface area contributed by atoms with E-state index >= 15 is 4.39 Å². The first-order valence-electron chi connectivity index (χ1n) is 10.9. The molecule has 10 heteroatoms. The van der Waals surface area contributed by atoms with Crippen molar-refractivity contribution >= 4 is 11.9 Å². The molecule has 0 unspecified atom stereocenters. The van der Waals surface area contributed by atoms with Crippen LogP contribution in [0.3, 0.4) is 0 Å². The van der Waals surface area contributed by atoms with Crippen molar-refractivity contribution in [1.82, 2.24) is 9.55 Å². The molecule has 0 saturated carbocycles. The van der Waals surface area contributed by atoms with E-state index in [0.29, 0.717) is 0 Å². The molecular weight excluding hydrogens is 459 g/mol. The number of halogens is 1. The first kappa shape index (κ1) is 24.1. The van der Waals surface area contributed by atoms with Crippen LogP contribution in [0.25, 0.3) is 0 Å². The van der Waals surface area contributed by atoms with Crippen LogP contribution in [0.15, 0.2) is 70.4 Å². The average Bonchev–Trinajstić information content (AvgIpc) is 3.15. The van der Waals surface area contributed by atoms with Crippen LogP contribution in [0.1, 0.15) is 38.1 Å². The van der Waals surface area contributed by atoms with Gasteiger partial charge in [0.2, 0.25) is 0 Å². The summed E-state index contributed by atoms with van der Waals surface area (Å²) in [5.74, 6) is -1.47. The van der Waals surface area contributed by atoms with Crippen LogP contribution < -0.4 is 11.2 Å². The van der Waals surface area contributed by atoms with Gasteiger partial charge in [-0.3, -0.25) is 14.3 Å². The standard InChI is InChI=1S/C25H23FN2O7/c1-14-8-10-17(11-9-14)23(30)33-13-18-20(35-24(31)16-6-4-3-5-7-16)19(26)22(34-18)28-12-15(2)21(29)27-25(28)32/h3-12,18-20,22H,13H2,1-2H3,(H,27,29,32)/t18-,19+,20-,22-/m1/s1. The molecule has 0 aliphatic carbocycles. The molecule has 1 N–H and O–H groups in total. The van der Waals surface area contributed by atoms with E-state index in [9.17, 15) is 19.2 Å². The topological polar surface area (TPSA) is 117 Å². The van der Waals surface area contributed by atoms with Crippen molar-refractivity contribution in [3.63, 3.8) is 0 Å². The van der Waals surface area contributed by atoms with E-state index in [1.54, 1.807) is 42.5 Å². The first-order valence-corrected chi connectivity index (χ1v) is 10.9. The first-order chi connectivity index (χ1) is 16.7. The Bertz CT molecular complexity index is 1330. The smallest absolute Gasteiger partial charge is 0.338 e. The maximum atomic E-state index is 15.6. The second-order valence-corrected chi connectivity index (χ2v) is 8.19. The van der Waals surface area contributed by atoms with Crippen molar-refractivity contribution < 1.29 is 28.2 Å². The zero-order valence-electron chi connectivity index (χ0n) is 19.0. The number of aromatic amines is 1. The van der Waals surface area contributed by atoms with Crippen LogP contribution in [0, 0.1) is 13.8 Å². The number of aromatic nitrogens is 2. The Hall–Kier alpha value is -4.05. The number of nitrogens with one attached hydrogen (secondary N) is 1. The number of H-pyrrole nitrogens is 1. The summed E-state index contributed by atoms with van der Waals surface area (Å²) in [6.07, 6.45) is -5.05. The number of nitrogens with zero attached hydrogens (tertiary/aromatic N) is 1. The predicted molar refractivity (Wildman–Crippen MR) is 122 cm³/mol. The number of hydrogen-bond acceptors (Lipinski definition) is 7. The molecule has 182 valence electrons. The number of esters is 2. The molecule has 35 heavy (non-hydrogen) atoms.